The molecule has 0 radical (unpaired) electrons. The van der Waals surface area contributed by atoms with Crippen molar-refractivity contribution in [2.45, 2.75) is 42.9 Å². The molecule has 0 unspecified atom stereocenters. The summed E-state index contributed by atoms with van der Waals surface area (Å²) < 4.78 is 52.5. The fourth-order valence-electron chi connectivity index (χ4n) is 3.39. The molecule has 0 bridgehead atoms. The second kappa shape index (κ2) is 7.90. The molecule has 0 heterocycles. The minimum atomic E-state index is -3.70. The molecular weight excluding hydrogens is 384 g/mol. The molecule has 0 spiro atoms. The van der Waals surface area contributed by atoms with Crippen LogP contribution in [0.25, 0.3) is 0 Å². The van der Waals surface area contributed by atoms with E-state index in [2.05, 4.69) is 9.44 Å². The maximum Gasteiger partial charge on any atom is 0.261 e. The van der Waals surface area contributed by atoms with Crippen LogP contribution in [0.4, 0.5) is 11.4 Å². The van der Waals surface area contributed by atoms with Gasteiger partial charge < -0.3 is 0 Å². The maximum atomic E-state index is 12.6. The van der Waals surface area contributed by atoms with Crippen LogP contribution in [0.15, 0.2) is 53.4 Å². The van der Waals surface area contributed by atoms with E-state index in [1.807, 2.05) is 12.1 Å². The van der Waals surface area contributed by atoms with Crippen molar-refractivity contribution < 1.29 is 16.8 Å². The molecule has 1 fully saturated rings. The summed E-state index contributed by atoms with van der Waals surface area (Å²) >= 11 is 0. The van der Waals surface area contributed by atoms with Crippen molar-refractivity contribution in [2.75, 3.05) is 15.7 Å². The summed E-state index contributed by atoms with van der Waals surface area (Å²) in [5.74, 6) is 0.526. The van der Waals surface area contributed by atoms with Gasteiger partial charge in [-0.15, -0.1) is 0 Å². The molecule has 3 rings (SSSR count). The van der Waals surface area contributed by atoms with Gasteiger partial charge in [0.1, 0.15) is 0 Å². The van der Waals surface area contributed by atoms with Gasteiger partial charge >= 0.3 is 0 Å². The fourth-order valence-corrected chi connectivity index (χ4v) is 5.01. The summed E-state index contributed by atoms with van der Waals surface area (Å²) in [6, 6.07) is 13.1. The van der Waals surface area contributed by atoms with Crippen LogP contribution in [0.2, 0.25) is 0 Å². The van der Waals surface area contributed by atoms with Crippen LogP contribution >= 0.6 is 0 Å². The van der Waals surface area contributed by atoms with Gasteiger partial charge in [0.05, 0.1) is 11.2 Å². The van der Waals surface area contributed by atoms with Crippen molar-refractivity contribution in [2.24, 2.45) is 0 Å². The Kier molecular flexibility index (Phi) is 5.76. The smallest absolute Gasteiger partial charge is 0.261 e. The van der Waals surface area contributed by atoms with E-state index in [0.29, 0.717) is 17.3 Å². The molecule has 0 atom stereocenters. The minimum absolute atomic E-state index is 0.209. The first-order chi connectivity index (χ1) is 12.7. The normalized spacial score (nSPS) is 16.0. The number of hydrogen-bond donors (Lipinski definition) is 2. The van der Waals surface area contributed by atoms with Gasteiger partial charge in [0, 0.05) is 11.4 Å². The number of sulfonamides is 2. The third kappa shape index (κ3) is 5.46. The standard InChI is InChI=1S/C19H24N2O4S2/c1-26(22,23)20-17-9-11-18(12-10-17)21-27(24,25)19-13-7-16(8-14-19)15-5-3-2-4-6-15/h7-15,20-21H,2-6H2,1H3. The number of anilines is 2. The zero-order chi connectivity index (χ0) is 19.5. The first-order valence-corrected chi connectivity index (χ1v) is 12.3. The van der Waals surface area contributed by atoms with Crippen LogP contribution in [0, 0.1) is 0 Å². The zero-order valence-electron chi connectivity index (χ0n) is 15.2. The van der Waals surface area contributed by atoms with E-state index in [0.717, 1.165) is 19.1 Å². The number of benzene rings is 2. The Morgan fingerprint density at radius 3 is 1.78 bits per heavy atom. The van der Waals surface area contributed by atoms with Crippen LogP contribution in [0.1, 0.15) is 43.6 Å². The topological polar surface area (TPSA) is 92.3 Å². The highest BCUT2D eigenvalue weighted by Gasteiger charge is 2.18. The molecule has 8 heteroatoms. The Hall–Kier alpha value is -2.06. The molecule has 1 aliphatic carbocycles. The van der Waals surface area contributed by atoms with Crippen molar-refractivity contribution in [1.82, 2.24) is 0 Å². The lowest BCUT2D eigenvalue weighted by Gasteiger charge is -2.22. The molecule has 2 N–H and O–H groups in total. The Morgan fingerprint density at radius 2 is 1.26 bits per heavy atom. The fraction of sp³-hybridized carbons (Fsp3) is 0.368. The summed E-state index contributed by atoms with van der Waals surface area (Å²) in [5, 5.41) is 0. The number of rotatable bonds is 6. The molecule has 27 heavy (non-hydrogen) atoms. The molecule has 2 aromatic carbocycles. The zero-order valence-corrected chi connectivity index (χ0v) is 16.8. The van der Waals surface area contributed by atoms with E-state index in [1.165, 1.54) is 49.1 Å². The lowest BCUT2D eigenvalue weighted by Crippen LogP contribution is -2.13. The van der Waals surface area contributed by atoms with Gasteiger partial charge in [-0.25, -0.2) is 16.8 Å². The van der Waals surface area contributed by atoms with Crippen molar-refractivity contribution in [1.29, 1.82) is 0 Å². The monoisotopic (exact) mass is 408 g/mol. The van der Waals surface area contributed by atoms with E-state index >= 15 is 0 Å². The molecule has 0 saturated heterocycles. The Balaban J connectivity index is 1.70. The van der Waals surface area contributed by atoms with Crippen LogP contribution < -0.4 is 9.44 Å². The lowest BCUT2D eigenvalue weighted by molar-refractivity contribution is 0.443. The second-order valence-electron chi connectivity index (χ2n) is 6.96. The largest absolute Gasteiger partial charge is 0.284 e. The molecule has 0 aromatic heterocycles. The molecule has 2 aromatic rings. The second-order valence-corrected chi connectivity index (χ2v) is 10.4. The SMILES string of the molecule is CS(=O)(=O)Nc1ccc(NS(=O)(=O)c2ccc(C3CCCCC3)cc2)cc1. The van der Waals surface area contributed by atoms with Crippen molar-refractivity contribution in [3.63, 3.8) is 0 Å². The van der Waals surface area contributed by atoms with Gasteiger partial charge in [0.15, 0.2) is 0 Å². The van der Waals surface area contributed by atoms with E-state index < -0.39 is 20.0 Å². The number of nitrogens with one attached hydrogen (secondary N) is 2. The quantitative estimate of drug-likeness (QED) is 0.758. The summed E-state index contributed by atoms with van der Waals surface area (Å²) in [7, 11) is -7.07. The van der Waals surface area contributed by atoms with E-state index in [1.54, 1.807) is 12.1 Å². The van der Waals surface area contributed by atoms with Gasteiger partial charge in [0.2, 0.25) is 10.0 Å². The van der Waals surface area contributed by atoms with E-state index in [4.69, 9.17) is 0 Å². The van der Waals surface area contributed by atoms with Gasteiger partial charge in [0.25, 0.3) is 10.0 Å². The molecule has 0 aliphatic heterocycles. The first-order valence-electron chi connectivity index (χ1n) is 8.94. The van der Waals surface area contributed by atoms with Gasteiger partial charge in [-0.3, -0.25) is 9.44 Å². The van der Waals surface area contributed by atoms with Gasteiger partial charge in [-0.2, -0.15) is 0 Å². The van der Waals surface area contributed by atoms with Crippen molar-refractivity contribution in [3.05, 3.63) is 54.1 Å². The Morgan fingerprint density at radius 1 is 0.741 bits per heavy atom. The third-order valence-electron chi connectivity index (χ3n) is 4.71. The Labute approximate surface area is 161 Å². The average Bonchev–Trinajstić information content (AvgIpc) is 2.63. The van der Waals surface area contributed by atoms with Crippen LogP contribution in [0.3, 0.4) is 0 Å². The highest BCUT2D eigenvalue weighted by Crippen LogP contribution is 2.33. The van der Waals surface area contributed by atoms with Crippen molar-refractivity contribution >= 4 is 31.4 Å². The molecule has 6 nitrogen and oxygen atoms in total. The van der Waals surface area contributed by atoms with E-state index in [9.17, 15) is 16.8 Å². The van der Waals surface area contributed by atoms with Crippen LogP contribution in [-0.2, 0) is 20.0 Å². The third-order valence-corrected chi connectivity index (χ3v) is 6.71. The number of hydrogen-bond acceptors (Lipinski definition) is 4. The molecule has 1 saturated carbocycles. The molecular formula is C19H24N2O4S2. The molecule has 0 amide bonds. The predicted molar refractivity (Wildman–Crippen MR) is 108 cm³/mol. The van der Waals surface area contributed by atoms with Gasteiger partial charge in [-0.05, 0) is 60.7 Å². The van der Waals surface area contributed by atoms with Crippen LogP contribution in [-0.4, -0.2) is 23.1 Å². The molecule has 1 aliphatic rings. The summed E-state index contributed by atoms with van der Waals surface area (Å²) in [4.78, 5) is 0.209. The summed E-state index contributed by atoms with van der Waals surface area (Å²) in [6.45, 7) is 0. The van der Waals surface area contributed by atoms with Crippen LogP contribution in [0.5, 0.6) is 0 Å². The summed E-state index contributed by atoms with van der Waals surface area (Å²) in [6.07, 6.45) is 7.13. The highest BCUT2D eigenvalue weighted by atomic mass is 32.2. The average molecular weight is 409 g/mol. The van der Waals surface area contributed by atoms with Gasteiger partial charge in [-0.1, -0.05) is 31.4 Å². The lowest BCUT2D eigenvalue weighted by atomic mass is 9.84. The highest BCUT2D eigenvalue weighted by molar-refractivity contribution is 7.92. The first kappa shape index (κ1) is 19.7. The van der Waals surface area contributed by atoms with E-state index in [-0.39, 0.29) is 4.90 Å². The van der Waals surface area contributed by atoms with Crippen molar-refractivity contribution in [3.8, 4) is 0 Å². The minimum Gasteiger partial charge on any atom is -0.284 e. The Bertz CT molecular complexity index is 977. The molecule has 146 valence electrons. The summed E-state index contributed by atoms with van der Waals surface area (Å²) in [5.41, 5.74) is 1.94. The maximum absolute atomic E-state index is 12.6. The predicted octanol–water partition coefficient (Wildman–Crippen LogP) is 3.91.